The highest BCUT2D eigenvalue weighted by molar-refractivity contribution is 8.00. The van der Waals surface area contributed by atoms with E-state index in [0.717, 1.165) is 16.7 Å². The number of hydrogen-bond donors (Lipinski definition) is 1. The zero-order valence-corrected chi connectivity index (χ0v) is 11.5. The van der Waals surface area contributed by atoms with Gasteiger partial charge in [-0.05, 0) is 48.7 Å². The zero-order valence-electron chi connectivity index (χ0n) is 9.14. The second-order valence-corrected chi connectivity index (χ2v) is 5.25. The van der Waals surface area contributed by atoms with E-state index in [1.165, 1.54) is 23.3 Å². The molecule has 1 N–H and O–H groups in total. The number of nitrogens with one attached hydrogen (secondary N) is 1. The Bertz CT molecular complexity index is 516. The van der Waals surface area contributed by atoms with Crippen LogP contribution < -0.4 is 5.32 Å². The van der Waals surface area contributed by atoms with Gasteiger partial charge in [0.05, 0.1) is 0 Å². The molecule has 0 radical (unpaired) electrons. The Morgan fingerprint density at radius 2 is 2.12 bits per heavy atom. The molecule has 2 heterocycles. The molecule has 0 bridgehead atoms. The summed E-state index contributed by atoms with van der Waals surface area (Å²) < 4.78 is 4.87. The van der Waals surface area contributed by atoms with Crippen LogP contribution in [0.1, 0.15) is 12.7 Å². The fraction of sp³-hybridized carbons (Fsp3) is 0.375. The lowest BCUT2D eigenvalue weighted by Gasteiger charge is -2.02. The maximum atomic E-state index is 5.81. The van der Waals surface area contributed by atoms with Crippen LogP contribution in [0.25, 0.3) is 0 Å². The fourth-order valence-corrected chi connectivity index (χ4v) is 2.73. The van der Waals surface area contributed by atoms with Crippen LogP contribution in [0.2, 0.25) is 5.28 Å². The minimum atomic E-state index is 0.166. The molecule has 2 rings (SSSR count). The molecule has 2 aromatic heterocycles. The van der Waals surface area contributed by atoms with E-state index in [1.54, 1.807) is 0 Å². The van der Waals surface area contributed by atoms with E-state index in [-0.39, 0.29) is 5.28 Å². The van der Waals surface area contributed by atoms with Crippen molar-refractivity contribution in [3.05, 3.63) is 11.1 Å². The smallest absolute Gasteiger partial charge is 0.228 e. The van der Waals surface area contributed by atoms with Crippen molar-refractivity contribution < 1.29 is 0 Å². The molecule has 0 saturated carbocycles. The van der Waals surface area contributed by atoms with Crippen LogP contribution in [0.4, 0.5) is 5.95 Å². The summed E-state index contributed by atoms with van der Waals surface area (Å²) in [6.07, 6.45) is 0. The van der Waals surface area contributed by atoms with Crippen LogP contribution in [0.15, 0.2) is 9.50 Å². The van der Waals surface area contributed by atoms with Crippen LogP contribution in [-0.4, -0.2) is 30.9 Å². The third-order valence-corrected chi connectivity index (χ3v) is 3.49. The van der Waals surface area contributed by atoms with Gasteiger partial charge in [0.2, 0.25) is 16.4 Å². The minimum Gasteiger partial charge on any atom is -0.354 e. The molecule has 0 atom stereocenters. The Kier molecular flexibility index (Phi) is 4.08. The highest BCUT2D eigenvalue weighted by Crippen LogP contribution is 2.27. The van der Waals surface area contributed by atoms with Crippen molar-refractivity contribution in [2.75, 3.05) is 11.9 Å². The van der Waals surface area contributed by atoms with Gasteiger partial charge in [-0.3, -0.25) is 0 Å². The van der Waals surface area contributed by atoms with E-state index in [9.17, 15) is 0 Å². The molecule has 0 aliphatic rings. The van der Waals surface area contributed by atoms with Gasteiger partial charge in [0.25, 0.3) is 0 Å². The second kappa shape index (κ2) is 5.56. The highest BCUT2D eigenvalue weighted by atomic mass is 35.5. The lowest BCUT2D eigenvalue weighted by atomic mass is 10.7. The number of nitrogens with zero attached hydrogens (tertiary/aromatic N) is 5. The summed E-state index contributed by atoms with van der Waals surface area (Å²) in [5.74, 6) is 1.21. The topological polar surface area (TPSA) is 76.5 Å². The first-order chi connectivity index (χ1) is 8.17. The number of anilines is 1. The van der Waals surface area contributed by atoms with Crippen LogP contribution in [0.3, 0.4) is 0 Å². The summed E-state index contributed by atoms with van der Waals surface area (Å²) in [5.41, 5.74) is 0. The number of aryl methyl sites for hydroxylation is 1. The maximum absolute atomic E-state index is 5.81. The molecule has 6 nitrogen and oxygen atoms in total. The van der Waals surface area contributed by atoms with Gasteiger partial charge in [0.1, 0.15) is 5.82 Å². The number of hydrogen-bond acceptors (Lipinski definition) is 8. The summed E-state index contributed by atoms with van der Waals surface area (Å²) in [6.45, 7) is 4.52. The Balaban J connectivity index is 2.20. The largest absolute Gasteiger partial charge is 0.354 e. The van der Waals surface area contributed by atoms with Gasteiger partial charge in [-0.15, -0.1) is 0 Å². The Labute approximate surface area is 111 Å². The van der Waals surface area contributed by atoms with E-state index >= 15 is 0 Å². The van der Waals surface area contributed by atoms with E-state index < -0.39 is 0 Å². The number of rotatable bonds is 4. The van der Waals surface area contributed by atoms with Crippen LogP contribution in [0, 0.1) is 6.92 Å². The molecule has 0 aromatic carbocycles. The molecule has 0 saturated heterocycles. The van der Waals surface area contributed by atoms with Crippen molar-refractivity contribution in [2.45, 2.75) is 23.3 Å². The Hall–Kier alpha value is -0.990. The lowest BCUT2D eigenvalue weighted by molar-refractivity contribution is 0.897. The van der Waals surface area contributed by atoms with Gasteiger partial charge < -0.3 is 5.32 Å². The van der Waals surface area contributed by atoms with Gasteiger partial charge in [0, 0.05) is 6.54 Å². The summed E-state index contributed by atoms with van der Waals surface area (Å²) in [6, 6.07) is 0. The van der Waals surface area contributed by atoms with Crippen LogP contribution in [-0.2, 0) is 0 Å². The molecule has 0 aliphatic heterocycles. The van der Waals surface area contributed by atoms with Crippen molar-refractivity contribution in [3.8, 4) is 0 Å². The van der Waals surface area contributed by atoms with Crippen LogP contribution >= 0.6 is 34.9 Å². The molecule has 2 aromatic rings. The van der Waals surface area contributed by atoms with Gasteiger partial charge in [-0.25, -0.2) is 4.98 Å². The first kappa shape index (κ1) is 12.5. The Morgan fingerprint density at radius 3 is 2.76 bits per heavy atom. The van der Waals surface area contributed by atoms with Gasteiger partial charge in [-0.2, -0.15) is 19.3 Å². The molecule has 0 amide bonds. The third-order valence-electron chi connectivity index (χ3n) is 1.61. The Morgan fingerprint density at radius 1 is 1.29 bits per heavy atom. The van der Waals surface area contributed by atoms with Gasteiger partial charge >= 0.3 is 0 Å². The molecule has 0 spiro atoms. The fourth-order valence-electron chi connectivity index (χ4n) is 1.01. The van der Waals surface area contributed by atoms with Gasteiger partial charge in [-0.1, -0.05) is 0 Å². The van der Waals surface area contributed by atoms with Crippen molar-refractivity contribution in [1.82, 2.24) is 24.3 Å². The maximum Gasteiger partial charge on any atom is 0.228 e. The average molecular weight is 289 g/mol. The molecule has 0 unspecified atom stereocenters. The van der Waals surface area contributed by atoms with Crippen LogP contribution in [0.5, 0.6) is 0 Å². The van der Waals surface area contributed by atoms with Gasteiger partial charge in [0.15, 0.2) is 4.34 Å². The first-order valence-corrected chi connectivity index (χ1v) is 6.77. The highest BCUT2D eigenvalue weighted by Gasteiger charge is 2.09. The van der Waals surface area contributed by atoms with Crippen molar-refractivity contribution in [3.63, 3.8) is 0 Å². The van der Waals surface area contributed by atoms with E-state index in [0.29, 0.717) is 11.1 Å². The van der Waals surface area contributed by atoms with Crippen molar-refractivity contribution in [1.29, 1.82) is 0 Å². The molecule has 0 fully saturated rings. The minimum absolute atomic E-state index is 0.166. The normalized spacial score (nSPS) is 10.5. The summed E-state index contributed by atoms with van der Waals surface area (Å²) in [4.78, 5) is 16.4. The zero-order chi connectivity index (χ0) is 12.3. The van der Waals surface area contributed by atoms with E-state index in [4.69, 9.17) is 11.6 Å². The molecular formula is C8H9ClN6S2. The predicted molar refractivity (Wildman–Crippen MR) is 67.8 cm³/mol. The van der Waals surface area contributed by atoms with E-state index in [1.807, 2.05) is 13.8 Å². The molecule has 90 valence electrons. The summed E-state index contributed by atoms with van der Waals surface area (Å²) in [7, 11) is 0. The van der Waals surface area contributed by atoms with Crippen molar-refractivity contribution >= 4 is 40.8 Å². The third kappa shape index (κ3) is 3.48. The predicted octanol–water partition coefficient (Wildman–Crippen LogP) is 2.27. The summed E-state index contributed by atoms with van der Waals surface area (Å²) >= 11 is 8.44. The number of halogens is 1. The van der Waals surface area contributed by atoms with Crippen molar-refractivity contribution in [2.24, 2.45) is 0 Å². The quantitative estimate of drug-likeness (QED) is 0.924. The monoisotopic (exact) mass is 288 g/mol. The number of aromatic nitrogens is 5. The standard InChI is InChI=1S/C8H9ClN6S2/c1-3-10-6-12-5(9)13-7(14-6)16-8-11-4(2)15-17-8/h3H2,1-2H3,(H,10,12,13,14). The summed E-state index contributed by atoms with van der Waals surface area (Å²) in [5, 5.41) is 3.66. The second-order valence-electron chi connectivity index (χ2n) is 2.95. The molecular weight excluding hydrogens is 280 g/mol. The molecule has 17 heavy (non-hydrogen) atoms. The SMILES string of the molecule is CCNc1nc(Cl)nc(Sc2nc(C)ns2)n1. The molecule has 0 aliphatic carbocycles. The lowest BCUT2D eigenvalue weighted by Crippen LogP contribution is -2.04. The average Bonchev–Trinajstić information content (AvgIpc) is 2.63. The first-order valence-electron chi connectivity index (χ1n) is 4.81. The van der Waals surface area contributed by atoms with E-state index in [2.05, 4.69) is 29.6 Å². The molecule has 9 heteroatoms.